The normalized spacial score (nSPS) is 8.36. The number of nitrogens with one attached hydrogen (secondary N) is 1. The van der Waals surface area contributed by atoms with E-state index in [1.165, 1.54) is 6.07 Å². The summed E-state index contributed by atoms with van der Waals surface area (Å²) in [5.74, 6) is -0.998. The minimum atomic E-state index is -0.998. The third-order valence-corrected chi connectivity index (χ3v) is 1.39. The monoisotopic (exact) mass is 179 g/mol. The Kier molecular flexibility index (Phi) is 4.60. The van der Waals surface area contributed by atoms with E-state index >= 15 is 0 Å². The van der Waals surface area contributed by atoms with E-state index < -0.39 is 5.97 Å². The fraction of sp³-hybridized carbons (Fsp3) is 0. The average molecular weight is 179 g/mol. The quantitative estimate of drug-likeness (QED) is 0.410. The second-order valence-corrected chi connectivity index (χ2v) is 2.13. The fourth-order valence-corrected chi connectivity index (χ4v) is 0.813. The summed E-state index contributed by atoms with van der Waals surface area (Å²) in [5, 5.41) is 8.48. The van der Waals surface area contributed by atoms with E-state index in [1.807, 2.05) is 0 Å². The topological polar surface area (TPSA) is 53.1 Å². The van der Waals surface area contributed by atoms with E-state index in [0.29, 0.717) is 0 Å². The van der Waals surface area contributed by atoms with E-state index in [2.05, 4.69) is 4.98 Å². The Labute approximate surface area is 92.2 Å². The van der Waals surface area contributed by atoms with Crippen LogP contribution in [0.1, 0.15) is 11.8 Å². The molecule has 1 heterocycles. The van der Waals surface area contributed by atoms with Crippen LogP contribution in [-0.2, 0) is 0 Å². The van der Waals surface area contributed by atoms with Crippen LogP contribution >= 0.6 is 12.2 Å². The minimum absolute atomic E-state index is 0. The molecular weight excluding hydrogens is 173 g/mol. The molecule has 0 unspecified atom stereocenters. The molecule has 0 aromatic carbocycles. The molecule has 0 atom stereocenters. The maximum Gasteiger partial charge on any atom is 1.00 e. The zero-order chi connectivity index (χ0) is 7.56. The van der Waals surface area contributed by atoms with Gasteiger partial charge in [0, 0.05) is 6.20 Å². The maximum atomic E-state index is 10.3. The Bertz CT molecular complexity index is 314. The van der Waals surface area contributed by atoms with Gasteiger partial charge in [0.05, 0.1) is 5.56 Å². The molecule has 0 aliphatic heterocycles. The number of hydrogen-bond donors (Lipinski definition) is 2. The number of hydrogen-bond acceptors (Lipinski definition) is 2. The summed E-state index contributed by atoms with van der Waals surface area (Å²) in [6.07, 6.45) is 1.59. The first-order valence-corrected chi connectivity index (χ1v) is 3.03. The standard InChI is InChI=1S/C6H5NO2S.Na.H/c8-6(9)4-2-1-3-7-5(4)10;;/h1-3H,(H,7,10)(H,8,9);;/q;+1;-1. The SMILES string of the molecule is O=C(O)c1ccc[nH]c1=S.[H-].[Na+]. The van der Waals surface area contributed by atoms with Gasteiger partial charge in [0.15, 0.2) is 0 Å². The Hall–Kier alpha value is -0.160. The summed E-state index contributed by atoms with van der Waals surface area (Å²) in [6, 6.07) is 3.06. The number of carbonyl (C=O) groups is 1. The predicted molar refractivity (Wildman–Crippen MR) is 39.7 cm³/mol. The van der Waals surface area contributed by atoms with Crippen LogP contribution in [0.4, 0.5) is 0 Å². The summed E-state index contributed by atoms with van der Waals surface area (Å²) in [7, 11) is 0. The molecule has 2 N–H and O–H groups in total. The molecule has 0 aliphatic carbocycles. The van der Waals surface area contributed by atoms with Crippen molar-refractivity contribution in [1.29, 1.82) is 0 Å². The van der Waals surface area contributed by atoms with Crippen LogP contribution in [-0.4, -0.2) is 16.1 Å². The van der Waals surface area contributed by atoms with Crippen LogP contribution in [0.2, 0.25) is 0 Å². The molecule has 54 valence electrons. The summed E-state index contributed by atoms with van der Waals surface area (Å²) in [5.41, 5.74) is 0.137. The molecule has 0 radical (unpaired) electrons. The van der Waals surface area contributed by atoms with Crippen molar-refractivity contribution in [2.45, 2.75) is 0 Å². The molecular formula is C6H6NNaO2S. The molecule has 0 spiro atoms. The van der Waals surface area contributed by atoms with Crippen molar-refractivity contribution in [1.82, 2.24) is 4.98 Å². The smallest absolute Gasteiger partial charge is 1.00 e. The van der Waals surface area contributed by atoms with Gasteiger partial charge in [0.2, 0.25) is 0 Å². The average Bonchev–Trinajstić information content (AvgIpc) is 1.88. The van der Waals surface area contributed by atoms with E-state index in [9.17, 15) is 4.79 Å². The van der Waals surface area contributed by atoms with Crippen molar-refractivity contribution in [2.24, 2.45) is 0 Å². The number of aromatic amines is 1. The first-order chi connectivity index (χ1) is 4.72. The minimum Gasteiger partial charge on any atom is -1.00 e. The van der Waals surface area contributed by atoms with E-state index in [1.54, 1.807) is 12.3 Å². The number of carboxylic acids is 1. The van der Waals surface area contributed by atoms with Gasteiger partial charge >= 0.3 is 35.5 Å². The van der Waals surface area contributed by atoms with Crippen molar-refractivity contribution < 1.29 is 40.9 Å². The molecule has 0 amide bonds. The van der Waals surface area contributed by atoms with Gasteiger partial charge in [0.25, 0.3) is 0 Å². The molecule has 0 aliphatic rings. The third kappa shape index (κ3) is 2.75. The molecule has 0 saturated heterocycles. The zero-order valence-corrected chi connectivity index (χ0v) is 8.81. The number of aromatic nitrogens is 1. The number of aromatic carboxylic acids is 1. The number of rotatable bonds is 1. The number of H-pyrrole nitrogens is 1. The van der Waals surface area contributed by atoms with Crippen molar-refractivity contribution in [2.75, 3.05) is 0 Å². The van der Waals surface area contributed by atoms with Crippen LogP contribution in [0.3, 0.4) is 0 Å². The van der Waals surface area contributed by atoms with Crippen LogP contribution in [0.5, 0.6) is 0 Å². The summed E-state index contributed by atoms with van der Waals surface area (Å²) >= 11 is 4.69. The van der Waals surface area contributed by atoms with Crippen LogP contribution < -0.4 is 29.6 Å². The van der Waals surface area contributed by atoms with Crippen molar-refractivity contribution >= 4 is 18.2 Å². The Morgan fingerprint density at radius 1 is 1.73 bits per heavy atom. The molecule has 1 rings (SSSR count). The van der Waals surface area contributed by atoms with Gasteiger partial charge in [-0.15, -0.1) is 0 Å². The molecule has 3 nitrogen and oxygen atoms in total. The van der Waals surface area contributed by atoms with Crippen molar-refractivity contribution in [3.63, 3.8) is 0 Å². The molecule has 11 heavy (non-hydrogen) atoms. The third-order valence-electron chi connectivity index (χ3n) is 1.05. The number of pyridine rings is 1. The van der Waals surface area contributed by atoms with Crippen LogP contribution in [0.25, 0.3) is 0 Å². The van der Waals surface area contributed by atoms with Crippen LogP contribution in [0.15, 0.2) is 18.3 Å². The van der Waals surface area contributed by atoms with Gasteiger partial charge in [0.1, 0.15) is 4.64 Å². The van der Waals surface area contributed by atoms with Gasteiger partial charge in [-0.1, -0.05) is 12.2 Å². The predicted octanol–water partition coefficient (Wildman–Crippen LogP) is -1.44. The first kappa shape index (κ1) is 10.8. The summed E-state index contributed by atoms with van der Waals surface area (Å²) in [4.78, 5) is 13.0. The second kappa shape index (κ2) is 4.66. The molecule has 1 aromatic heterocycles. The summed E-state index contributed by atoms with van der Waals surface area (Å²) in [6.45, 7) is 0. The molecule has 5 heteroatoms. The van der Waals surface area contributed by atoms with Crippen molar-refractivity contribution in [3.05, 3.63) is 28.5 Å². The van der Waals surface area contributed by atoms with Gasteiger partial charge in [-0.25, -0.2) is 4.79 Å². The maximum absolute atomic E-state index is 10.3. The van der Waals surface area contributed by atoms with Gasteiger partial charge in [-0.05, 0) is 12.1 Å². The molecule has 0 bridgehead atoms. The van der Waals surface area contributed by atoms with E-state index in [4.69, 9.17) is 17.3 Å². The Balaban J connectivity index is 0. The van der Waals surface area contributed by atoms with Crippen molar-refractivity contribution in [3.8, 4) is 0 Å². The van der Waals surface area contributed by atoms with Crippen LogP contribution in [0, 0.1) is 4.64 Å². The molecule has 1 aromatic rings. The van der Waals surface area contributed by atoms with Gasteiger partial charge in [-0.3, -0.25) is 0 Å². The van der Waals surface area contributed by atoms with E-state index in [-0.39, 0.29) is 41.2 Å². The number of carboxylic acid groups (broad SMARTS) is 1. The molecule has 0 saturated carbocycles. The van der Waals surface area contributed by atoms with Gasteiger partial charge < -0.3 is 11.5 Å². The summed E-state index contributed by atoms with van der Waals surface area (Å²) < 4.78 is 0.259. The van der Waals surface area contributed by atoms with Gasteiger partial charge in [-0.2, -0.15) is 0 Å². The fourth-order valence-electron chi connectivity index (χ4n) is 0.590. The van der Waals surface area contributed by atoms with E-state index in [0.717, 1.165) is 0 Å². The largest absolute Gasteiger partial charge is 1.00 e. The Morgan fingerprint density at radius 3 is 2.73 bits per heavy atom. The Morgan fingerprint density at radius 2 is 2.36 bits per heavy atom. The second-order valence-electron chi connectivity index (χ2n) is 1.72. The first-order valence-electron chi connectivity index (χ1n) is 2.63. The molecule has 0 fully saturated rings. The zero-order valence-electron chi connectivity index (χ0n) is 7.00.